The first kappa shape index (κ1) is 12.8. The van der Waals surface area contributed by atoms with Crippen molar-refractivity contribution in [3.63, 3.8) is 0 Å². The topological polar surface area (TPSA) is 79.0 Å². The van der Waals surface area contributed by atoms with Crippen LogP contribution in [0.25, 0.3) is 0 Å². The maximum absolute atomic E-state index is 11.8. The van der Waals surface area contributed by atoms with Crippen LogP contribution < -0.4 is 4.90 Å². The van der Waals surface area contributed by atoms with Gasteiger partial charge in [0.15, 0.2) is 6.23 Å². The van der Waals surface area contributed by atoms with Gasteiger partial charge in [-0.25, -0.2) is 9.69 Å². The highest BCUT2D eigenvalue weighted by Gasteiger charge is 2.38. The molecule has 7 nitrogen and oxygen atoms in total. The number of anilines is 1. The predicted octanol–water partition coefficient (Wildman–Crippen LogP) is 0.746. The summed E-state index contributed by atoms with van der Waals surface area (Å²) in [6.45, 7) is 3.91. The van der Waals surface area contributed by atoms with Crippen LogP contribution in [0, 0.1) is 0 Å². The number of rotatable bonds is 3. The van der Waals surface area contributed by atoms with Gasteiger partial charge in [0.2, 0.25) is 5.88 Å². The number of likely N-dealkylation sites (N-methyl/N-ethyl adjacent to an activating group) is 1. The molecule has 100 valence electrons. The van der Waals surface area contributed by atoms with Crippen molar-refractivity contribution in [2.45, 2.75) is 25.7 Å². The van der Waals surface area contributed by atoms with Crippen molar-refractivity contribution in [2.24, 2.45) is 0 Å². The summed E-state index contributed by atoms with van der Waals surface area (Å²) in [5.74, 6) is 0.219. The van der Waals surface area contributed by atoms with Crippen molar-refractivity contribution in [1.29, 1.82) is 0 Å². The molecule has 1 saturated heterocycles. The zero-order valence-corrected chi connectivity index (χ0v) is 10.9. The van der Waals surface area contributed by atoms with E-state index in [1.165, 1.54) is 9.80 Å². The fourth-order valence-corrected chi connectivity index (χ4v) is 1.72. The molecule has 0 bridgehead atoms. The Bertz CT molecular complexity index is 457. The number of carbonyl (C=O) groups is 1. The molecule has 1 atom stereocenters. The van der Waals surface area contributed by atoms with Gasteiger partial charge in [-0.15, -0.1) is 0 Å². The van der Waals surface area contributed by atoms with Crippen LogP contribution in [-0.4, -0.2) is 48.1 Å². The van der Waals surface area contributed by atoms with Crippen LogP contribution in [-0.2, 0) is 10.3 Å². The number of methoxy groups -OCH3 is 1. The van der Waals surface area contributed by atoms with E-state index in [1.54, 1.807) is 20.2 Å². The molecule has 0 spiro atoms. The molecular weight excluding hydrogens is 238 g/mol. The number of ether oxygens (including phenoxy) is 1. The van der Waals surface area contributed by atoms with Crippen molar-refractivity contribution in [3.8, 4) is 0 Å². The van der Waals surface area contributed by atoms with E-state index in [4.69, 9.17) is 9.26 Å². The molecule has 1 aromatic rings. The van der Waals surface area contributed by atoms with Crippen LogP contribution in [0.4, 0.5) is 10.7 Å². The summed E-state index contributed by atoms with van der Waals surface area (Å²) in [5, 5.41) is 13.7. The second kappa shape index (κ2) is 4.25. The van der Waals surface area contributed by atoms with Gasteiger partial charge in [-0.05, 0) is 13.8 Å². The molecule has 0 saturated carbocycles. The minimum absolute atomic E-state index is 0.219. The molecule has 2 heterocycles. The molecule has 1 fully saturated rings. The highest BCUT2D eigenvalue weighted by Crippen LogP contribution is 2.29. The Labute approximate surface area is 105 Å². The summed E-state index contributed by atoms with van der Waals surface area (Å²) >= 11 is 0. The molecule has 0 radical (unpaired) electrons. The van der Waals surface area contributed by atoms with Crippen molar-refractivity contribution < 1.29 is 19.2 Å². The number of amides is 2. The average molecular weight is 255 g/mol. The highest BCUT2D eigenvalue weighted by molar-refractivity contribution is 5.93. The molecule has 7 heteroatoms. The fourth-order valence-electron chi connectivity index (χ4n) is 1.72. The van der Waals surface area contributed by atoms with Crippen LogP contribution in [0.5, 0.6) is 0 Å². The fraction of sp³-hybridized carbons (Fsp3) is 0.636. The molecule has 1 aliphatic heterocycles. The van der Waals surface area contributed by atoms with E-state index in [-0.39, 0.29) is 18.5 Å². The lowest BCUT2D eigenvalue weighted by molar-refractivity contribution is 0.0130. The summed E-state index contributed by atoms with van der Waals surface area (Å²) in [6, 6.07) is 1.28. The number of aliphatic hydroxyl groups excluding tert-OH is 1. The molecule has 1 N–H and O–H groups in total. The summed E-state index contributed by atoms with van der Waals surface area (Å²) in [7, 11) is 3.18. The minimum Gasteiger partial charge on any atom is -0.372 e. The van der Waals surface area contributed by atoms with Gasteiger partial charge in [0.25, 0.3) is 0 Å². The SMILES string of the molecule is COC(C)(C)c1cc(N2C(=O)N(C)CC2O)on1. The van der Waals surface area contributed by atoms with Crippen LogP contribution in [0.3, 0.4) is 0 Å². The van der Waals surface area contributed by atoms with Gasteiger partial charge >= 0.3 is 6.03 Å². The van der Waals surface area contributed by atoms with E-state index in [2.05, 4.69) is 5.16 Å². The number of aliphatic hydroxyl groups is 1. The summed E-state index contributed by atoms with van der Waals surface area (Å²) in [5.41, 5.74) is -0.0453. The number of nitrogens with zero attached hydrogens (tertiary/aromatic N) is 3. The Balaban J connectivity index is 2.28. The van der Waals surface area contributed by atoms with E-state index in [0.717, 1.165) is 0 Å². The van der Waals surface area contributed by atoms with E-state index in [0.29, 0.717) is 5.69 Å². The van der Waals surface area contributed by atoms with Crippen LogP contribution >= 0.6 is 0 Å². The maximum Gasteiger partial charge on any atom is 0.329 e. The van der Waals surface area contributed by atoms with E-state index < -0.39 is 11.8 Å². The largest absolute Gasteiger partial charge is 0.372 e. The predicted molar refractivity (Wildman–Crippen MR) is 63.0 cm³/mol. The summed E-state index contributed by atoms with van der Waals surface area (Å²) in [4.78, 5) is 14.4. The third-order valence-corrected chi connectivity index (χ3v) is 3.13. The second-order valence-corrected chi connectivity index (χ2v) is 4.78. The average Bonchev–Trinajstić information content (AvgIpc) is 2.86. The van der Waals surface area contributed by atoms with E-state index in [9.17, 15) is 9.90 Å². The first-order valence-corrected chi connectivity index (χ1v) is 5.61. The normalized spacial score (nSPS) is 20.9. The molecule has 2 amide bonds. The summed E-state index contributed by atoms with van der Waals surface area (Å²) < 4.78 is 10.4. The Morgan fingerprint density at radius 1 is 1.61 bits per heavy atom. The zero-order chi connectivity index (χ0) is 13.5. The standard InChI is InChI=1S/C11H17N3O4/c1-11(2,17-4)7-5-9(18-12-7)14-8(15)6-13(3)10(14)16/h5,8,15H,6H2,1-4H3. The Morgan fingerprint density at radius 3 is 2.78 bits per heavy atom. The van der Waals surface area contributed by atoms with Gasteiger partial charge in [0.05, 0.1) is 6.54 Å². The monoisotopic (exact) mass is 255 g/mol. The van der Waals surface area contributed by atoms with Crippen LogP contribution in [0.15, 0.2) is 10.6 Å². The summed E-state index contributed by atoms with van der Waals surface area (Å²) in [6.07, 6.45) is -0.922. The maximum atomic E-state index is 11.8. The zero-order valence-electron chi connectivity index (χ0n) is 10.9. The Morgan fingerprint density at radius 2 is 2.28 bits per heavy atom. The number of carbonyl (C=O) groups excluding carboxylic acids is 1. The minimum atomic E-state index is -0.922. The quantitative estimate of drug-likeness (QED) is 0.862. The first-order valence-electron chi connectivity index (χ1n) is 5.61. The van der Waals surface area contributed by atoms with Gasteiger partial charge in [-0.3, -0.25) is 0 Å². The lowest BCUT2D eigenvalue weighted by Gasteiger charge is -2.19. The highest BCUT2D eigenvalue weighted by atomic mass is 16.5. The molecule has 18 heavy (non-hydrogen) atoms. The van der Waals surface area contributed by atoms with Crippen LogP contribution in [0.1, 0.15) is 19.5 Å². The van der Waals surface area contributed by atoms with Crippen LogP contribution in [0.2, 0.25) is 0 Å². The number of hydrogen-bond acceptors (Lipinski definition) is 5. The van der Waals surface area contributed by atoms with Gasteiger partial charge in [0.1, 0.15) is 11.3 Å². The smallest absolute Gasteiger partial charge is 0.329 e. The third-order valence-electron chi connectivity index (χ3n) is 3.13. The van der Waals surface area contributed by atoms with Gasteiger partial charge in [-0.2, -0.15) is 0 Å². The third kappa shape index (κ3) is 1.95. The Hall–Kier alpha value is -1.60. The molecule has 0 aromatic carbocycles. The molecule has 0 aliphatic carbocycles. The van der Waals surface area contributed by atoms with Crippen molar-refractivity contribution in [1.82, 2.24) is 10.1 Å². The number of hydrogen-bond donors (Lipinski definition) is 1. The second-order valence-electron chi connectivity index (χ2n) is 4.78. The first-order chi connectivity index (χ1) is 8.36. The van der Waals surface area contributed by atoms with Crippen molar-refractivity contribution in [3.05, 3.63) is 11.8 Å². The van der Waals surface area contributed by atoms with Crippen molar-refractivity contribution >= 4 is 11.9 Å². The lowest BCUT2D eigenvalue weighted by atomic mass is 10.1. The van der Waals surface area contributed by atoms with Gasteiger partial charge in [0, 0.05) is 20.2 Å². The molecule has 2 rings (SSSR count). The lowest BCUT2D eigenvalue weighted by Crippen LogP contribution is -2.33. The van der Waals surface area contributed by atoms with Gasteiger partial charge in [-0.1, -0.05) is 5.16 Å². The van der Waals surface area contributed by atoms with Crippen molar-refractivity contribution in [2.75, 3.05) is 25.6 Å². The van der Waals surface area contributed by atoms with E-state index >= 15 is 0 Å². The number of β-amino-alcohol motifs (C(OH)–C–C–N with tert-alkyl or cyclic N) is 1. The number of aromatic nitrogens is 1. The molecule has 1 unspecified atom stereocenters. The molecular formula is C11H17N3O4. The Kier molecular flexibility index (Phi) is 3.04. The molecule has 1 aromatic heterocycles. The van der Waals surface area contributed by atoms with E-state index in [1.807, 2.05) is 13.8 Å². The number of urea groups is 1. The molecule has 1 aliphatic rings. The van der Waals surface area contributed by atoms with Gasteiger partial charge < -0.3 is 19.3 Å².